The molecule has 0 aliphatic heterocycles. The van der Waals surface area contributed by atoms with Crippen LogP contribution in [0.2, 0.25) is 0 Å². The van der Waals surface area contributed by atoms with Gasteiger partial charge in [0.05, 0.1) is 7.11 Å². The van der Waals surface area contributed by atoms with Crippen LogP contribution < -0.4 is 10.1 Å². The maximum Gasteiger partial charge on any atom is 0.317 e. The molecular weight excluding hydrogens is 240 g/mol. The highest BCUT2D eigenvalue weighted by molar-refractivity contribution is 5.73. The van der Waals surface area contributed by atoms with E-state index in [2.05, 4.69) is 19.2 Å². The van der Waals surface area contributed by atoms with Gasteiger partial charge in [-0.3, -0.25) is 0 Å². The first-order valence-electron chi connectivity index (χ1n) is 6.64. The Morgan fingerprint density at radius 1 is 1.32 bits per heavy atom. The summed E-state index contributed by atoms with van der Waals surface area (Å²) < 4.78 is 5.11. The average Bonchev–Trinajstić information content (AvgIpc) is 2.42. The normalized spacial score (nSPS) is 10.4. The van der Waals surface area contributed by atoms with Gasteiger partial charge in [-0.05, 0) is 30.0 Å². The van der Waals surface area contributed by atoms with E-state index in [0.717, 1.165) is 12.2 Å². The molecule has 106 valence electrons. The number of rotatable bonds is 6. The van der Waals surface area contributed by atoms with Crippen molar-refractivity contribution in [3.05, 3.63) is 29.8 Å². The number of methoxy groups -OCH3 is 1. The van der Waals surface area contributed by atoms with E-state index in [1.54, 1.807) is 12.0 Å². The SMILES string of the molecule is COc1ccc(CCN(C)C(=O)NCC(C)C)cc1. The average molecular weight is 264 g/mol. The van der Waals surface area contributed by atoms with Crippen molar-refractivity contribution in [2.24, 2.45) is 5.92 Å². The van der Waals surface area contributed by atoms with E-state index in [0.29, 0.717) is 19.0 Å². The number of urea groups is 1. The summed E-state index contributed by atoms with van der Waals surface area (Å²) in [6.07, 6.45) is 0.843. The predicted molar refractivity (Wildman–Crippen MR) is 77.6 cm³/mol. The lowest BCUT2D eigenvalue weighted by molar-refractivity contribution is 0.208. The first-order valence-corrected chi connectivity index (χ1v) is 6.64. The maximum atomic E-state index is 11.8. The van der Waals surface area contributed by atoms with Crippen LogP contribution in [0.3, 0.4) is 0 Å². The second kappa shape index (κ2) is 7.67. The van der Waals surface area contributed by atoms with Crippen molar-refractivity contribution in [2.45, 2.75) is 20.3 Å². The lowest BCUT2D eigenvalue weighted by Crippen LogP contribution is -2.39. The van der Waals surface area contributed by atoms with E-state index in [9.17, 15) is 4.79 Å². The third-order valence-corrected chi connectivity index (χ3v) is 2.90. The molecule has 4 heteroatoms. The Hall–Kier alpha value is -1.71. The fourth-order valence-electron chi connectivity index (χ4n) is 1.62. The molecule has 1 aromatic carbocycles. The molecule has 0 saturated carbocycles. The highest BCUT2D eigenvalue weighted by Gasteiger charge is 2.08. The van der Waals surface area contributed by atoms with E-state index < -0.39 is 0 Å². The molecule has 0 radical (unpaired) electrons. The van der Waals surface area contributed by atoms with Gasteiger partial charge in [0, 0.05) is 20.1 Å². The molecule has 4 nitrogen and oxygen atoms in total. The third kappa shape index (κ3) is 5.64. The van der Waals surface area contributed by atoms with Gasteiger partial charge in [-0.15, -0.1) is 0 Å². The van der Waals surface area contributed by atoms with E-state index in [4.69, 9.17) is 4.74 Å². The van der Waals surface area contributed by atoms with Gasteiger partial charge in [0.15, 0.2) is 0 Å². The van der Waals surface area contributed by atoms with Crippen LogP contribution in [0.5, 0.6) is 5.75 Å². The smallest absolute Gasteiger partial charge is 0.317 e. The van der Waals surface area contributed by atoms with Crippen LogP contribution in [0.25, 0.3) is 0 Å². The highest BCUT2D eigenvalue weighted by Crippen LogP contribution is 2.11. The van der Waals surface area contributed by atoms with Crippen LogP contribution in [-0.4, -0.2) is 38.2 Å². The molecule has 1 aromatic rings. The van der Waals surface area contributed by atoms with Gasteiger partial charge in [-0.25, -0.2) is 4.79 Å². The van der Waals surface area contributed by atoms with E-state index in [1.165, 1.54) is 5.56 Å². The van der Waals surface area contributed by atoms with Crippen molar-refractivity contribution in [2.75, 3.05) is 27.2 Å². The largest absolute Gasteiger partial charge is 0.497 e. The maximum absolute atomic E-state index is 11.8. The van der Waals surface area contributed by atoms with Gasteiger partial charge in [-0.1, -0.05) is 26.0 Å². The van der Waals surface area contributed by atoms with E-state index in [-0.39, 0.29) is 6.03 Å². The number of ether oxygens (including phenoxy) is 1. The quantitative estimate of drug-likeness (QED) is 0.858. The topological polar surface area (TPSA) is 41.6 Å². The third-order valence-electron chi connectivity index (χ3n) is 2.90. The number of nitrogens with one attached hydrogen (secondary N) is 1. The molecule has 0 atom stereocenters. The highest BCUT2D eigenvalue weighted by atomic mass is 16.5. The molecule has 0 aliphatic rings. The molecule has 0 unspecified atom stereocenters. The molecule has 1 N–H and O–H groups in total. The van der Waals surface area contributed by atoms with Crippen molar-refractivity contribution in [1.29, 1.82) is 0 Å². The van der Waals surface area contributed by atoms with E-state index >= 15 is 0 Å². The van der Waals surface area contributed by atoms with Gasteiger partial charge >= 0.3 is 6.03 Å². The molecule has 0 aliphatic carbocycles. The lowest BCUT2D eigenvalue weighted by atomic mass is 10.1. The Labute approximate surface area is 115 Å². The Balaban J connectivity index is 2.36. The van der Waals surface area contributed by atoms with Crippen molar-refractivity contribution in [3.8, 4) is 5.75 Å². The zero-order valence-corrected chi connectivity index (χ0v) is 12.3. The number of carbonyl (C=O) groups is 1. The van der Waals surface area contributed by atoms with Crippen LogP contribution >= 0.6 is 0 Å². The summed E-state index contributed by atoms with van der Waals surface area (Å²) in [6, 6.07) is 7.92. The van der Waals surface area contributed by atoms with Crippen molar-refractivity contribution in [3.63, 3.8) is 0 Å². The second-order valence-corrected chi connectivity index (χ2v) is 5.10. The molecule has 0 aromatic heterocycles. The molecule has 1 rings (SSSR count). The van der Waals surface area contributed by atoms with Gasteiger partial charge in [0.25, 0.3) is 0 Å². The van der Waals surface area contributed by atoms with Crippen LogP contribution in [0.4, 0.5) is 4.79 Å². The van der Waals surface area contributed by atoms with Crippen LogP contribution in [-0.2, 0) is 6.42 Å². The van der Waals surface area contributed by atoms with Gasteiger partial charge < -0.3 is 15.0 Å². The summed E-state index contributed by atoms with van der Waals surface area (Å²) >= 11 is 0. The summed E-state index contributed by atoms with van der Waals surface area (Å²) in [5, 5.41) is 2.90. The predicted octanol–water partition coefficient (Wildman–Crippen LogP) is 2.54. The molecule has 0 bridgehead atoms. The number of carbonyl (C=O) groups excluding carboxylic acids is 1. The minimum Gasteiger partial charge on any atom is -0.497 e. The Bertz CT molecular complexity index is 388. The van der Waals surface area contributed by atoms with Crippen LogP contribution in [0.1, 0.15) is 19.4 Å². The number of benzene rings is 1. The van der Waals surface area contributed by atoms with Gasteiger partial charge in [0.2, 0.25) is 0 Å². The molecule has 0 saturated heterocycles. The number of hydrogen-bond acceptors (Lipinski definition) is 2. The summed E-state index contributed by atoms with van der Waals surface area (Å²) in [7, 11) is 3.47. The minimum atomic E-state index is -0.0118. The van der Waals surface area contributed by atoms with Gasteiger partial charge in [0.1, 0.15) is 5.75 Å². The first kappa shape index (κ1) is 15.3. The molecule has 2 amide bonds. The van der Waals surface area contributed by atoms with Crippen LogP contribution in [0, 0.1) is 5.92 Å². The Kier molecular flexibility index (Phi) is 6.19. The fourth-order valence-corrected chi connectivity index (χ4v) is 1.62. The Morgan fingerprint density at radius 2 is 1.95 bits per heavy atom. The summed E-state index contributed by atoms with van der Waals surface area (Å²) in [4.78, 5) is 13.5. The number of amides is 2. The standard InChI is InChI=1S/C15H24N2O2/c1-12(2)11-16-15(18)17(3)10-9-13-5-7-14(19-4)8-6-13/h5-8,12H,9-11H2,1-4H3,(H,16,18). The number of hydrogen-bond donors (Lipinski definition) is 1. The van der Waals surface area contributed by atoms with E-state index in [1.807, 2.05) is 31.3 Å². The minimum absolute atomic E-state index is 0.0118. The lowest BCUT2D eigenvalue weighted by Gasteiger charge is -2.18. The number of likely N-dealkylation sites (N-methyl/N-ethyl adjacent to an activating group) is 1. The van der Waals surface area contributed by atoms with Crippen molar-refractivity contribution in [1.82, 2.24) is 10.2 Å². The molecular formula is C15H24N2O2. The summed E-state index contributed by atoms with van der Waals surface area (Å²) in [5.74, 6) is 1.32. The molecule has 0 heterocycles. The number of nitrogens with zero attached hydrogens (tertiary/aromatic N) is 1. The van der Waals surface area contributed by atoms with Gasteiger partial charge in [-0.2, -0.15) is 0 Å². The fraction of sp³-hybridized carbons (Fsp3) is 0.533. The zero-order chi connectivity index (χ0) is 14.3. The molecule has 19 heavy (non-hydrogen) atoms. The molecule has 0 spiro atoms. The van der Waals surface area contributed by atoms with Crippen molar-refractivity contribution < 1.29 is 9.53 Å². The van der Waals surface area contributed by atoms with Crippen LogP contribution in [0.15, 0.2) is 24.3 Å². The summed E-state index contributed by atoms with van der Waals surface area (Å²) in [6.45, 7) is 5.58. The zero-order valence-electron chi connectivity index (χ0n) is 12.3. The Morgan fingerprint density at radius 3 is 2.47 bits per heavy atom. The second-order valence-electron chi connectivity index (χ2n) is 5.10. The molecule has 0 fully saturated rings. The monoisotopic (exact) mass is 264 g/mol. The summed E-state index contributed by atoms with van der Waals surface area (Å²) in [5.41, 5.74) is 1.20. The van der Waals surface area contributed by atoms with Crippen molar-refractivity contribution >= 4 is 6.03 Å². The first-order chi connectivity index (χ1) is 9.02.